The molecule has 0 aliphatic heterocycles. The molecule has 1 aliphatic carbocycles. The van der Waals surface area contributed by atoms with Crippen LogP contribution in [0.1, 0.15) is 29.7 Å². The molecule has 1 heterocycles. The molecule has 0 radical (unpaired) electrons. The van der Waals surface area contributed by atoms with Crippen molar-refractivity contribution < 1.29 is 9.26 Å². The summed E-state index contributed by atoms with van der Waals surface area (Å²) in [5.41, 5.74) is 1.30. The van der Waals surface area contributed by atoms with Crippen LogP contribution in [-0.4, -0.2) is 31.3 Å². The SMILES string of the molecule is COc1ccc([C@@H]2C[C@H]2c2nc(N(C)C)no2)cc1. The van der Waals surface area contributed by atoms with E-state index in [-0.39, 0.29) is 0 Å². The lowest BCUT2D eigenvalue weighted by Crippen LogP contribution is -2.10. The minimum absolute atomic E-state index is 0.356. The van der Waals surface area contributed by atoms with Crippen molar-refractivity contribution in [3.8, 4) is 5.75 Å². The van der Waals surface area contributed by atoms with E-state index in [2.05, 4.69) is 22.3 Å². The number of methoxy groups -OCH3 is 1. The van der Waals surface area contributed by atoms with Crippen LogP contribution in [0.2, 0.25) is 0 Å². The zero-order valence-electron chi connectivity index (χ0n) is 11.3. The highest BCUT2D eigenvalue weighted by atomic mass is 16.5. The quantitative estimate of drug-likeness (QED) is 0.844. The molecule has 5 heteroatoms. The third-order valence-corrected chi connectivity index (χ3v) is 3.48. The first kappa shape index (κ1) is 12.0. The highest BCUT2D eigenvalue weighted by molar-refractivity contribution is 5.36. The van der Waals surface area contributed by atoms with E-state index in [9.17, 15) is 0 Å². The molecule has 2 aromatic rings. The second-order valence-electron chi connectivity index (χ2n) is 5.05. The average Bonchev–Trinajstić information content (AvgIpc) is 3.07. The number of rotatable bonds is 4. The standard InChI is InChI=1S/C14H17N3O2/c1-17(2)14-15-13(19-16-14)12-8-11(12)9-4-6-10(18-3)7-5-9/h4-7,11-12H,8H2,1-3H3/t11-,12+/m0/s1. The third kappa shape index (κ3) is 2.28. The van der Waals surface area contributed by atoms with Gasteiger partial charge in [-0.1, -0.05) is 12.1 Å². The van der Waals surface area contributed by atoms with Crippen LogP contribution in [0, 0.1) is 0 Å². The van der Waals surface area contributed by atoms with Crippen LogP contribution < -0.4 is 9.64 Å². The summed E-state index contributed by atoms with van der Waals surface area (Å²) in [5, 5.41) is 3.95. The Bertz CT molecular complexity index is 562. The molecule has 0 bridgehead atoms. The van der Waals surface area contributed by atoms with Crippen molar-refractivity contribution in [2.75, 3.05) is 26.1 Å². The van der Waals surface area contributed by atoms with Gasteiger partial charge < -0.3 is 14.2 Å². The summed E-state index contributed by atoms with van der Waals surface area (Å²) in [4.78, 5) is 6.25. The van der Waals surface area contributed by atoms with Gasteiger partial charge in [0.2, 0.25) is 5.89 Å². The van der Waals surface area contributed by atoms with Gasteiger partial charge in [-0.2, -0.15) is 4.98 Å². The van der Waals surface area contributed by atoms with Crippen LogP contribution in [0.3, 0.4) is 0 Å². The van der Waals surface area contributed by atoms with Crippen LogP contribution >= 0.6 is 0 Å². The van der Waals surface area contributed by atoms with Gasteiger partial charge in [0.05, 0.1) is 7.11 Å². The molecule has 2 atom stereocenters. The molecular weight excluding hydrogens is 242 g/mol. The monoisotopic (exact) mass is 259 g/mol. The largest absolute Gasteiger partial charge is 0.497 e. The van der Waals surface area contributed by atoms with E-state index >= 15 is 0 Å². The third-order valence-electron chi connectivity index (χ3n) is 3.48. The molecule has 0 saturated heterocycles. The highest BCUT2D eigenvalue weighted by Gasteiger charge is 2.43. The van der Waals surface area contributed by atoms with Gasteiger partial charge in [-0.25, -0.2) is 0 Å². The molecule has 0 amide bonds. The van der Waals surface area contributed by atoms with Gasteiger partial charge >= 0.3 is 0 Å². The molecular formula is C14H17N3O2. The average molecular weight is 259 g/mol. The second-order valence-corrected chi connectivity index (χ2v) is 5.05. The Hall–Kier alpha value is -2.04. The van der Waals surface area contributed by atoms with Gasteiger partial charge in [-0.3, -0.25) is 0 Å². The minimum Gasteiger partial charge on any atom is -0.497 e. The Kier molecular flexibility index (Phi) is 2.89. The highest BCUT2D eigenvalue weighted by Crippen LogP contribution is 2.54. The number of anilines is 1. The molecule has 0 N–H and O–H groups in total. The lowest BCUT2D eigenvalue weighted by molar-refractivity contribution is 0.378. The molecule has 0 unspecified atom stereocenters. The van der Waals surface area contributed by atoms with Crippen LogP contribution in [0.15, 0.2) is 28.8 Å². The lowest BCUT2D eigenvalue weighted by atomic mass is 10.1. The number of ether oxygens (including phenoxy) is 1. The molecule has 5 nitrogen and oxygen atoms in total. The van der Waals surface area contributed by atoms with E-state index in [0.717, 1.165) is 18.1 Å². The fourth-order valence-corrected chi connectivity index (χ4v) is 2.25. The van der Waals surface area contributed by atoms with E-state index in [0.29, 0.717) is 17.8 Å². The smallest absolute Gasteiger partial charge is 0.265 e. The van der Waals surface area contributed by atoms with Gasteiger partial charge in [0.1, 0.15) is 5.75 Å². The number of hydrogen-bond acceptors (Lipinski definition) is 5. The first-order chi connectivity index (χ1) is 9.19. The number of hydrogen-bond donors (Lipinski definition) is 0. The first-order valence-corrected chi connectivity index (χ1v) is 6.34. The van der Waals surface area contributed by atoms with Crippen molar-refractivity contribution in [1.29, 1.82) is 0 Å². The topological polar surface area (TPSA) is 51.4 Å². The number of benzene rings is 1. The number of aromatic nitrogens is 2. The van der Waals surface area contributed by atoms with E-state index < -0.39 is 0 Å². The maximum Gasteiger partial charge on any atom is 0.265 e. The summed E-state index contributed by atoms with van der Waals surface area (Å²) < 4.78 is 10.5. The van der Waals surface area contributed by atoms with Crippen molar-refractivity contribution >= 4 is 5.95 Å². The minimum atomic E-state index is 0.356. The Morgan fingerprint density at radius 1 is 1.21 bits per heavy atom. The number of nitrogens with zero attached hydrogens (tertiary/aromatic N) is 3. The van der Waals surface area contributed by atoms with Crippen molar-refractivity contribution in [2.45, 2.75) is 18.3 Å². The van der Waals surface area contributed by atoms with Crippen molar-refractivity contribution in [1.82, 2.24) is 10.1 Å². The molecule has 1 aliphatic rings. The van der Waals surface area contributed by atoms with Gasteiger partial charge in [0.15, 0.2) is 0 Å². The molecule has 100 valence electrons. The summed E-state index contributed by atoms with van der Waals surface area (Å²) in [7, 11) is 5.49. The summed E-state index contributed by atoms with van der Waals surface area (Å²) in [6.45, 7) is 0. The summed E-state index contributed by atoms with van der Waals surface area (Å²) in [6.07, 6.45) is 1.07. The molecule has 1 fully saturated rings. The van der Waals surface area contributed by atoms with Crippen molar-refractivity contribution in [3.05, 3.63) is 35.7 Å². The maximum absolute atomic E-state index is 5.32. The fraction of sp³-hybridized carbons (Fsp3) is 0.429. The Labute approximate surface area is 112 Å². The predicted molar refractivity (Wildman–Crippen MR) is 71.7 cm³/mol. The van der Waals surface area contributed by atoms with Crippen molar-refractivity contribution in [3.63, 3.8) is 0 Å². The predicted octanol–water partition coefficient (Wildman–Crippen LogP) is 2.42. The van der Waals surface area contributed by atoms with E-state index in [4.69, 9.17) is 9.26 Å². The molecule has 1 aromatic carbocycles. The van der Waals surface area contributed by atoms with Crippen LogP contribution in [-0.2, 0) is 0 Å². The Morgan fingerprint density at radius 3 is 2.53 bits per heavy atom. The molecule has 19 heavy (non-hydrogen) atoms. The molecule has 3 rings (SSSR count). The van der Waals surface area contributed by atoms with E-state index in [1.54, 1.807) is 7.11 Å². The molecule has 0 spiro atoms. The summed E-state index contributed by atoms with van der Waals surface area (Å²) in [5.74, 6) is 3.10. The lowest BCUT2D eigenvalue weighted by Gasteiger charge is -2.02. The fourth-order valence-electron chi connectivity index (χ4n) is 2.25. The second kappa shape index (κ2) is 4.57. The normalized spacial score (nSPS) is 21.2. The van der Waals surface area contributed by atoms with Crippen LogP contribution in [0.4, 0.5) is 5.95 Å². The molecule has 1 saturated carbocycles. The molecule has 1 aromatic heterocycles. The van der Waals surface area contributed by atoms with Gasteiger partial charge in [-0.05, 0) is 35.2 Å². The van der Waals surface area contributed by atoms with Crippen molar-refractivity contribution in [2.24, 2.45) is 0 Å². The van der Waals surface area contributed by atoms with Gasteiger partial charge in [-0.15, -0.1) is 0 Å². The Balaban J connectivity index is 1.72. The summed E-state index contributed by atoms with van der Waals surface area (Å²) in [6, 6.07) is 8.19. The van der Waals surface area contributed by atoms with E-state index in [1.165, 1.54) is 5.56 Å². The van der Waals surface area contributed by atoms with Crippen LogP contribution in [0.5, 0.6) is 5.75 Å². The van der Waals surface area contributed by atoms with E-state index in [1.807, 2.05) is 31.1 Å². The first-order valence-electron chi connectivity index (χ1n) is 6.34. The van der Waals surface area contributed by atoms with Gasteiger partial charge in [0, 0.05) is 20.0 Å². The zero-order chi connectivity index (χ0) is 13.4. The Morgan fingerprint density at radius 2 is 1.95 bits per heavy atom. The van der Waals surface area contributed by atoms with Gasteiger partial charge in [0.25, 0.3) is 5.95 Å². The maximum atomic E-state index is 5.32. The summed E-state index contributed by atoms with van der Waals surface area (Å²) >= 11 is 0. The van der Waals surface area contributed by atoms with Crippen LogP contribution in [0.25, 0.3) is 0 Å². The zero-order valence-corrected chi connectivity index (χ0v) is 11.3.